The number of benzene rings is 2. The van der Waals surface area contributed by atoms with Crippen molar-refractivity contribution in [3.63, 3.8) is 0 Å². The van der Waals surface area contributed by atoms with Crippen molar-refractivity contribution in [2.24, 2.45) is 0 Å². The summed E-state index contributed by atoms with van der Waals surface area (Å²) in [5.41, 5.74) is 1.24. The summed E-state index contributed by atoms with van der Waals surface area (Å²) < 4.78 is 38.8. The second-order valence-corrected chi connectivity index (χ2v) is 6.51. The largest absolute Gasteiger partial charge is 0.480 e. The number of halogens is 4. The van der Waals surface area contributed by atoms with Gasteiger partial charge in [-0.25, -0.2) is 0 Å². The maximum absolute atomic E-state index is 12.9. The highest BCUT2D eigenvalue weighted by Crippen LogP contribution is 2.33. The van der Waals surface area contributed by atoms with E-state index in [4.69, 9.17) is 11.6 Å². The summed E-state index contributed by atoms with van der Waals surface area (Å²) in [6, 6.07) is 9.71. The number of aliphatic carboxylic acids is 1. The van der Waals surface area contributed by atoms with Gasteiger partial charge in [0.2, 0.25) is 0 Å². The number of fused-ring (bicyclic) bond motifs is 1. The number of rotatable bonds is 3. The van der Waals surface area contributed by atoms with Gasteiger partial charge in [-0.3, -0.25) is 9.69 Å². The predicted octanol–water partition coefficient (Wildman–Crippen LogP) is 4.37. The third kappa shape index (κ3) is 3.96. The van der Waals surface area contributed by atoms with Crippen molar-refractivity contribution in [1.82, 2.24) is 4.90 Å². The lowest BCUT2D eigenvalue weighted by molar-refractivity contribution is -0.144. The fraction of sp³-hybridized carbons (Fsp3) is 0.278. The molecule has 0 amide bonds. The van der Waals surface area contributed by atoms with E-state index in [0.29, 0.717) is 22.7 Å². The Morgan fingerprint density at radius 1 is 1.20 bits per heavy atom. The number of carboxylic acid groups (broad SMARTS) is 1. The van der Waals surface area contributed by atoms with Crippen LogP contribution >= 0.6 is 11.6 Å². The molecular formula is C18H15ClF3NO2. The Labute approximate surface area is 147 Å². The number of hydrogen-bond acceptors (Lipinski definition) is 2. The van der Waals surface area contributed by atoms with Crippen LogP contribution in [0.2, 0.25) is 5.02 Å². The normalized spacial score (nSPS) is 18.0. The monoisotopic (exact) mass is 369 g/mol. The molecule has 1 aliphatic heterocycles. The maximum atomic E-state index is 12.9. The van der Waals surface area contributed by atoms with Crippen molar-refractivity contribution >= 4 is 17.6 Å². The Morgan fingerprint density at radius 3 is 2.60 bits per heavy atom. The van der Waals surface area contributed by atoms with Crippen LogP contribution in [-0.4, -0.2) is 22.0 Å². The summed E-state index contributed by atoms with van der Waals surface area (Å²) in [7, 11) is 0. The molecule has 1 atom stereocenters. The summed E-state index contributed by atoms with van der Waals surface area (Å²) in [4.78, 5) is 13.3. The Morgan fingerprint density at radius 2 is 1.96 bits per heavy atom. The molecule has 0 saturated carbocycles. The van der Waals surface area contributed by atoms with E-state index >= 15 is 0 Å². The molecule has 2 aromatic carbocycles. The van der Waals surface area contributed by atoms with Crippen LogP contribution in [0.15, 0.2) is 42.5 Å². The summed E-state index contributed by atoms with van der Waals surface area (Å²) >= 11 is 5.95. The molecule has 0 radical (unpaired) electrons. The highest BCUT2D eigenvalue weighted by Gasteiger charge is 2.35. The van der Waals surface area contributed by atoms with E-state index in [2.05, 4.69) is 0 Å². The number of hydrogen-bond donors (Lipinski definition) is 1. The minimum Gasteiger partial charge on any atom is -0.480 e. The van der Waals surface area contributed by atoms with Crippen LogP contribution in [0.3, 0.4) is 0 Å². The molecule has 0 saturated heterocycles. The summed E-state index contributed by atoms with van der Waals surface area (Å²) in [5.74, 6) is -0.993. The molecule has 0 spiro atoms. The predicted molar refractivity (Wildman–Crippen MR) is 87.3 cm³/mol. The smallest absolute Gasteiger partial charge is 0.416 e. The third-order valence-corrected chi connectivity index (χ3v) is 4.56. The first-order chi connectivity index (χ1) is 11.7. The van der Waals surface area contributed by atoms with Crippen LogP contribution in [0, 0.1) is 0 Å². The quantitative estimate of drug-likeness (QED) is 0.873. The number of carboxylic acids is 1. The lowest BCUT2D eigenvalue weighted by Crippen LogP contribution is -2.45. The molecule has 1 heterocycles. The molecule has 0 aromatic heterocycles. The van der Waals surface area contributed by atoms with Gasteiger partial charge in [-0.05, 0) is 47.4 Å². The van der Waals surface area contributed by atoms with Crippen LogP contribution in [-0.2, 0) is 30.5 Å². The van der Waals surface area contributed by atoms with Crippen molar-refractivity contribution in [2.45, 2.75) is 31.7 Å². The lowest BCUT2D eigenvalue weighted by atomic mass is 9.92. The van der Waals surface area contributed by atoms with E-state index in [9.17, 15) is 23.1 Å². The molecule has 0 aliphatic carbocycles. The standard InChI is InChI=1S/C18H15ClF3NO2/c19-15-3-1-2-11(6-15)9-23-10-13-7-14(18(20,21)22)5-4-12(13)8-16(23)17(24)25/h1-7,16H,8-10H2,(H,24,25)/t16-/m0/s1. The van der Waals surface area contributed by atoms with Gasteiger partial charge in [0.25, 0.3) is 0 Å². The van der Waals surface area contributed by atoms with Gasteiger partial charge in [0.1, 0.15) is 6.04 Å². The van der Waals surface area contributed by atoms with E-state index < -0.39 is 23.8 Å². The molecule has 3 rings (SSSR count). The van der Waals surface area contributed by atoms with Crippen LogP contribution in [0.4, 0.5) is 13.2 Å². The minimum absolute atomic E-state index is 0.142. The van der Waals surface area contributed by atoms with Gasteiger partial charge in [0.15, 0.2) is 0 Å². The molecule has 0 fully saturated rings. The molecule has 3 nitrogen and oxygen atoms in total. The molecule has 1 N–H and O–H groups in total. The zero-order chi connectivity index (χ0) is 18.2. The van der Waals surface area contributed by atoms with E-state index in [1.165, 1.54) is 6.07 Å². The molecule has 1 aliphatic rings. The Kier molecular flexibility index (Phi) is 4.75. The maximum Gasteiger partial charge on any atom is 0.416 e. The number of nitrogens with zero attached hydrogens (tertiary/aromatic N) is 1. The Balaban J connectivity index is 1.92. The van der Waals surface area contributed by atoms with Gasteiger partial charge in [0.05, 0.1) is 5.56 Å². The van der Waals surface area contributed by atoms with Crippen LogP contribution < -0.4 is 0 Å². The zero-order valence-electron chi connectivity index (χ0n) is 13.1. The first-order valence-corrected chi connectivity index (χ1v) is 8.02. The van der Waals surface area contributed by atoms with E-state index in [1.807, 2.05) is 6.07 Å². The second kappa shape index (κ2) is 6.69. The fourth-order valence-electron chi connectivity index (χ4n) is 3.09. The SMILES string of the molecule is O=C(O)[C@@H]1Cc2ccc(C(F)(F)F)cc2CN1Cc1cccc(Cl)c1. The summed E-state index contributed by atoms with van der Waals surface area (Å²) in [5, 5.41) is 10.0. The van der Waals surface area contributed by atoms with Crippen molar-refractivity contribution < 1.29 is 23.1 Å². The van der Waals surface area contributed by atoms with Gasteiger partial charge >= 0.3 is 12.1 Å². The Bertz CT molecular complexity index is 807. The highest BCUT2D eigenvalue weighted by atomic mass is 35.5. The molecule has 2 aromatic rings. The van der Waals surface area contributed by atoms with Gasteiger partial charge < -0.3 is 5.11 Å². The lowest BCUT2D eigenvalue weighted by Gasteiger charge is -2.34. The minimum atomic E-state index is -4.42. The fourth-order valence-corrected chi connectivity index (χ4v) is 3.31. The van der Waals surface area contributed by atoms with Gasteiger partial charge in [-0.2, -0.15) is 13.2 Å². The molecule has 7 heteroatoms. The molecule has 132 valence electrons. The molecular weight excluding hydrogens is 355 g/mol. The van der Waals surface area contributed by atoms with Crippen molar-refractivity contribution in [3.05, 3.63) is 69.7 Å². The Hall–Kier alpha value is -2.05. The van der Waals surface area contributed by atoms with Gasteiger partial charge in [-0.1, -0.05) is 29.8 Å². The van der Waals surface area contributed by atoms with E-state index in [-0.39, 0.29) is 13.0 Å². The number of alkyl halides is 3. The van der Waals surface area contributed by atoms with Gasteiger partial charge in [-0.15, -0.1) is 0 Å². The van der Waals surface area contributed by atoms with Gasteiger partial charge in [0, 0.05) is 18.1 Å². The van der Waals surface area contributed by atoms with E-state index in [0.717, 1.165) is 17.7 Å². The van der Waals surface area contributed by atoms with Crippen LogP contribution in [0.1, 0.15) is 22.3 Å². The van der Waals surface area contributed by atoms with E-state index in [1.54, 1.807) is 23.1 Å². The average molecular weight is 370 g/mol. The van der Waals surface area contributed by atoms with Crippen molar-refractivity contribution in [2.75, 3.05) is 0 Å². The van der Waals surface area contributed by atoms with Crippen molar-refractivity contribution in [3.8, 4) is 0 Å². The average Bonchev–Trinajstić information content (AvgIpc) is 2.52. The molecule has 25 heavy (non-hydrogen) atoms. The first kappa shape index (κ1) is 17.8. The first-order valence-electron chi connectivity index (χ1n) is 7.64. The van der Waals surface area contributed by atoms with Crippen LogP contribution in [0.5, 0.6) is 0 Å². The zero-order valence-corrected chi connectivity index (χ0v) is 13.8. The topological polar surface area (TPSA) is 40.5 Å². The van der Waals surface area contributed by atoms with Crippen molar-refractivity contribution in [1.29, 1.82) is 0 Å². The summed E-state index contributed by atoms with van der Waals surface area (Å²) in [6.07, 6.45) is -4.25. The molecule has 0 unspecified atom stereocenters. The highest BCUT2D eigenvalue weighted by molar-refractivity contribution is 6.30. The summed E-state index contributed by atoms with van der Waals surface area (Å²) in [6.45, 7) is 0.440. The van der Waals surface area contributed by atoms with Crippen LogP contribution in [0.25, 0.3) is 0 Å². The second-order valence-electron chi connectivity index (χ2n) is 6.07. The third-order valence-electron chi connectivity index (χ3n) is 4.32. The molecule has 0 bridgehead atoms. The number of carbonyl (C=O) groups is 1.